The molecule has 8 heteroatoms. The number of urea groups is 1. The second-order valence-electron chi connectivity index (χ2n) is 8.14. The van der Waals surface area contributed by atoms with Crippen molar-refractivity contribution in [2.75, 3.05) is 26.3 Å². The number of aromatic amines is 1. The van der Waals surface area contributed by atoms with E-state index in [2.05, 4.69) is 21.6 Å². The maximum absolute atomic E-state index is 13.0. The normalized spacial score (nSPS) is 25.7. The van der Waals surface area contributed by atoms with Crippen molar-refractivity contribution in [2.45, 2.75) is 51.6 Å². The van der Waals surface area contributed by atoms with E-state index in [1.54, 1.807) is 4.57 Å². The first kappa shape index (κ1) is 18.3. The molecule has 0 bridgehead atoms. The highest BCUT2D eigenvalue weighted by Gasteiger charge is 2.47. The van der Waals surface area contributed by atoms with Gasteiger partial charge in [0.05, 0.1) is 19.3 Å². The quantitative estimate of drug-likeness (QED) is 0.770. The topological polar surface area (TPSA) is 92.2 Å². The first-order valence-corrected chi connectivity index (χ1v) is 10.0. The standard InChI is InChI=1S/C19H29N5O3/c1-12(2)24-17(21-22-19(24)26)16-15(14-5-6-14)7-8-23(16)18(25)20-10-13-4-3-9-27-11-13/h4,12,14-16H,3,5-11H2,1-2H3,(H,20,25)(H,22,26). The molecule has 1 aromatic heterocycles. The molecule has 148 valence electrons. The SMILES string of the molecule is CC(C)n1c(C2C(C3CC3)CCN2C(=O)NCC2=CCCOC2)n[nH]c1=O. The van der Waals surface area contributed by atoms with Crippen LogP contribution >= 0.6 is 0 Å². The Balaban J connectivity index is 1.55. The number of aromatic nitrogens is 3. The molecule has 2 N–H and O–H groups in total. The minimum Gasteiger partial charge on any atom is -0.377 e. The van der Waals surface area contributed by atoms with Crippen LogP contribution in [0.15, 0.2) is 16.4 Å². The lowest BCUT2D eigenvalue weighted by molar-refractivity contribution is 0.147. The van der Waals surface area contributed by atoms with Gasteiger partial charge in [-0.25, -0.2) is 14.7 Å². The van der Waals surface area contributed by atoms with Gasteiger partial charge in [-0.05, 0) is 56.9 Å². The van der Waals surface area contributed by atoms with E-state index in [9.17, 15) is 9.59 Å². The minimum absolute atomic E-state index is 0.00107. The number of hydrogen-bond donors (Lipinski definition) is 2. The van der Waals surface area contributed by atoms with Gasteiger partial charge in [0, 0.05) is 19.1 Å². The van der Waals surface area contributed by atoms with Gasteiger partial charge in [-0.2, -0.15) is 5.10 Å². The van der Waals surface area contributed by atoms with Crippen molar-refractivity contribution in [1.82, 2.24) is 25.0 Å². The second-order valence-corrected chi connectivity index (χ2v) is 8.14. The molecule has 1 saturated heterocycles. The van der Waals surface area contributed by atoms with E-state index in [0.29, 0.717) is 37.4 Å². The van der Waals surface area contributed by atoms with E-state index >= 15 is 0 Å². The van der Waals surface area contributed by atoms with E-state index in [0.717, 1.165) is 25.0 Å². The molecular weight excluding hydrogens is 346 g/mol. The lowest BCUT2D eigenvalue weighted by Crippen LogP contribution is -2.42. The molecule has 4 rings (SSSR count). The number of ether oxygens (including phenoxy) is 1. The molecule has 2 atom stereocenters. The number of likely N-dealkylation sites (tertiary alicyclic amines) is 1. The fourth-order valence-electron chi connectivity index (χ4n) is 4.44. The Kier molecular flexibility index (Phi) is 5.08. The number of hydrogen-bond acceptors (Lipinski definition) is 4. The van der Waals surface area contributed by atoms with Crippen LogP contribution in [0.1, 0.15) is 57.4 Å². The fraction of sp³-hybridized carbons (Fsp3) is 0.737. The Labute approximate surface area is 159 Å². The molecule has 3 heterocycles. The number of nitrogens with zero attached hydrogens (tertiary/aromatic N) is 3. The van der Waals surface area contributed by atoms with Gasteiger partial charge >= 0.3 is 11.7 Å². The fourth-order valence-corrected chi connectivity index (χ4v) is 4.44. The van der Waals surface area contributed by atoms with Gasteiger partial charge in [0.2, 0.25) is 0 Å². The first-order valence-electron chi connectivity index (χ1n) is 10.0. The van der Waals surface area contributed by atoms with Crippen molar-refractivity contribution in [1.29, 1.82) is 0 Å². The van der Waals surface area contributed by atoms with E-state index in [4.69, 9.17) is 4.74 Å². The molecule has 8 nitrogen and oxygen atoms in total. The predicted molar refractivity (Wildman–Crippen MR) is 100 cm³/mol. The summed E-state index contributed by atoms with van der Waals surface area (Å²) in [5.74, 6) is 1.70. The van der Waals surface area contributed by atoms with Gasteiger partial charge < -0.3 is 15.0 Å². The number of H-pyrrole nitrogens is 1. The maximum atomic E-state index is 13.0. The Morgan fingerprint density at radius 2 is 2.22 bits per heavy atom. The van der Waals surface area contributed by atoms with Crippen molar-refractivity contribution in [2.24, 2.45) is 11.8 Å². The summed E-state index contributed by atoms with van der Waals surface area (Å²) in [6, 6.07) is -0.225. The summed E-state index contributed by atoms with van der Waals surface area (Å²) < 4.78 is 7.14. The summed E-state index contributed by atoms with van der Waals surface area (Å²) in [5.41, 5.74) is 0.911. The smallest absolute Gasteiger partial charge is 0.343 e. The van der Waals surface area contributed by atoms with Crippen LogP contribution < -0.4 is 11.0 Å². The second kappa shape index (κ2) is 7.50. The van der Waals surface area contributed by atoms with Crippen LogP contribution in [0.2, 0.25) is 0 Å². The summed E-state index contributed by atoms with van der Waals surface area (Å²) in [7, 11) is 0. The maximum Gasteiger partial charge on any atom is 0.343 e. The summed E-state index contributed by atoms with van der Waals surface area (Å²) in [6.07, 6.45) is 6.42. The van der Waals surface area contributed by atoms with Gasteiger partial charge in [0.1, 0.15) is 0 Å². The Morgan fingerprint density at radius 1 is 1.41 bits per heavy atom. The molecule has 1 aliphatic carbocycles. The molecule has 2 amide bonds. The third kappa shape index (κ3) is 3.67. The van der Waals surface area contributed by atoms with Crippen LogP contribution in [0.3, 0.4) is 0 Å². The van der Waals surface area contributed by atoms with Crippen molar-refractivity contribution in [3.63, 3.8) is 0 Å². The molecule has 27 heavy (non-hydrogen) atoms. The molecule has 2 aliphatic heterocycles. The van der Waals surface area contributed by atoms with Gasteiger partial charge in [-0.15, -0.1) is 0 Å². The number of carbonyl (C=O) groups is 1. The zero-order valence-corrected chi connectivity index (χ0v) is 16.1. The molecule has 0 spiro atoms. The highest BCUT2D eigenvalue weighted by atomic mass is 16.5. The molecular formula is C19H29N5O3. The predicted octanol–water partition coefficient (Wildman–Crippen LogP) is 1.98. The van der Waals surface area contributed by atoms with Gasteiger partial charge in [-0.1, -0.05) is 6.08 Å². The van der Waals surface area contributed by atoms with Crippen molar-refractivity contribution in [3.05, 3.63) is 28.0 Å². The van der Waals surface area contributed by atoms with Crippen LogP contribution in [-0.4, -0.2) is 52.0 Å². The number of amides is 2. The largest absolute Gasteiger partial charge is 0.377 e. The Hall–Kier alpha value is -2.09. The lowest BCUT2D eigenvalue weighted by atomic mass is 9.94. The van der Waals surface area contributed by atoms with Crippen molar-refractivity contribution in [3.8, 4) is 0 Å². The van der Waals surface area contributed by atoms with E-state index < -0.39 is 0 Å². The third-order valence-electron chi connectivity index (χ3n) is 5.90. The molecule has 2 fully saturated rings. The molecule has 1 saturated carbocycles. The third-order valence-corrected chi connectivity index (χ3v) is 5.90. The number of rotatable bonds is 5. The van der Waals surface area contributed by atoms with Gasteiger partial charge in [0.15, 0.2) is 5.82 Å². The monoisotopic (exact) mass is 375 g/mol. The molecule has 3 aliphatic rings. The molecule has 2 unspecified atom stereocenters. The first-order chi connectivity index (χ1) is 13.1. The summed E-state index contributed by atoms with van der Waals surface area (Å²) in [4.78, 5) is 27.1. The number of nitrogens with one attached hydrogen (secondary N) is 2. The van der Waals surface area contributed by atoms with Crippen LogP contribution in [0.25, 0.3) is 0 Å². The van der Waals surface area contributed by atoms with Crippen molar-refractivity contribution < 1.29 is 9.53 Å². The van der Waals surface area contributed by atoms with Crippen LogP contribution in [-0.2, 0) is 4.74 Å². The van der Waals surface area contributed by atoms with E-state index in [1.807, 2.05) is 18.7 Å². The minimum atomic E-state index is -0.202. The Morgan fingerprint density at radius 3 is 2.89 bits per heavy atom. The lowest BCUT2D eigenvalue weighted by Gasteiger charge is -2.29. The molecule has 0 radical (unpaired) electrons. The van der Waals surface area contributed by atoms with E-state index in [1.165, 1.54) is 12.8 Å². The average molecular weight is 375 g/mol. The average Bonchev–Trinajstić information content (AvgIpc) is 3.29. The summed E-state index contributed by atoms with van der Waals surface area (Å²) in [6.45, 7) is 6.49. The highest BCUT2D eigenvalue weighted by Crippen LogP contribution is 2.50. The zero-order chi connectivity index (χ0) is 19.0. The highest BCUT2D eigenvalue weighted by molar-refractivity contribution is 5.75. The van der Waals surface area contributed by atoms with E-state index in [-0.39, 0.29) is 23.8 Å². The molecule has 1 aromatic rings. The molecule has 0 aromatic carbocycles. The van der Waals surface area contributed by atoms with Crippen molar-refractivity contribution >= 4 is 6.03 Å². The summed E-state index contributed by atoms with van der Waals surface area (Å²) in [5, 5.41) is 9.97. The van der Waals surface area contributed by atoms with Crippen LogP contribution in [0.4, 0.5) is 4.79 Å². The Bertz CT molecular complexity index is 777. The van der Waals surface area contributed by atoms with Gasteiger partial charge in [-0.3, -0.25) is 4.57 Å². The number of carbonyl (C=O) groups excluding carboxylic acids is 1. The summed E-state index contributed by atoms with van der Waals surface area (Å²) >= 11 is 0. The van der Waals surface area contributed by atoms with Crippen LogP contribution in [0, 0.1) is 11.8 Å². The zero-order valence-electron chi connectivity index (χ0n) is 16.1. The van der Waals surface area contributed by atoms with Crippen LogP contribution in [0.5, 0.6) is 0 Å². The van der Waals surface area contributed by atoms with Gasteiger partial charge in [0.25, 0.3) is 0 Å².